The van der Waals surface area contributed by atoms with Gasteiger partial charge in [0.1, 0.15) is 11.3 Å². The summed E-state index contributed by atoms with van der Waals surface area (Å²) in [5.74, 6) is 1.79. The molecule has 0 aliphatic rings. The summed E-state index contributed by atoms with van der Waals surface area (Å²) in [6.45, 7) is 0. The van der Waals surface area contributed by atoms with Gasteiger partial charge in [-0.25, -0.2) is 19.9 Å². The molecule has 0 fully saturated rings. The predicted molar refractivity (Wildman–Crippen MR) is 248 cm³/mol. The SMILES string of the molecule is c1ccc(-c2ccc(-c3nc(-c4ccccc4)nc(-c4cccc(-c5nc6cc(-c7cccc8c7sc7ccccc78)ccc6c6c5oc5ccccc56)c4)n3)cc2)cc1. The molecule has 0 amide bonds. The fourth-order valence-corrected chi connectivity index (χ4v) is 9.66. The topological polar surface area (TPSA) is 64.7 Å². The molecule has 12 aromatic rings. The minimum Gasteiger partial charge on any atom is -0.454 e. The highest BCUT2D eigenvalue weighted by atomic mass is 32.1. The minimum absolute atomic E-state index is 0.577. The van der Waals surface area contributed by atoms with Crippen LogP contribution in [0.3, 0.4) is 0 Å². The van der Waals surface area contributed by atoms with Crippen molar-refractivity contribution in [3.05, 3.63) is 194 Å². The lowest BCUT2D eigenvalue weighted by molar-refractivity contribution is 0.669. The predicted octanol–water partition coefficient (Wildman–Crippen LogP) is 14.7. The summed E-state index contributed by atoms with van der Waals surface area (Å²) in [5.41, 5.74) is 11.5. The lowest BCUT2D eigenvalue weighted by Crippen LogP contribution is -2.00. The number of pyridine rings is 1. The first-order valence-electron chi connectivity index (χ1n) is 20.0. The molecule has 0 saturated carbocycles. The molecule has 0 unspecified atom stereocenters. The van der Waals surface area contributed by atoms with E-state index in [0.717, 1.165) is 77.5 Å². The van der Waals surface area contributed by atoms with Crippen LogP contribution in [-0.2, 0) is 0 Å². The van der Waals surface area contributed by atoms with E-state index in [2.05, 4.69) is 140 Å². The summed E-state index contributed by atoms with van der Waals surface area (Å²) in [5, 5.41) is 5.72. The third kappa shape index (κ3) is 5.76. The number of aromatic nitrogens is 4. The minimum atomic E-state index is 0.577. The van der Waals surface area contributed by atoms with Crippen LogP contribution in [0.5, 0.6) is 0 Å². The zero-order valence-corrected chi connectivity index (χ0v) is 32.9. The van der Waals surface area contributed by atoms with Crippen molar-refractivity contribution in [3.63, 3.8) is 0 Å². The van der Waals surface area contributed by atoms with E-state index in [-0.39, 0.29) is 0 Å². The smallest absolute Gasteiger partial charge is 0.164 e. The van der Waals surface area contributed by atoms with Gasteiger partial charge in [-0.05, 0) is 46.5 Å². The van der Waals surface area contributed by atoms with E-state index in [1.807, 2.05) is 65.9 Å². The molecule has 0 aliphatic carbocycles. The molecule has 0 aliphatic heterocycles. The molecule has 4 heterocycles. The van der Waals surface area contributed by atoms with E-state index in [4.69, 9.17) is 24.4 Å². The molecule has 0 bridgehead atoms. The average molecular weight is 785 g/mol. The highest BCUT2D eigenvalue weighted by Gasteiger charge is 2.20. The molecule has 5 nitrogen and oxygen atoms in total. The second-order valence-corrected chi connectivity index (χ2v) is 16.0. The number of furan rings is 1. The molecule has 6 heteroatoms. The molecule has 0 atom stereocenters. The summed E-state index contributed by atoms with van der Waals surface area (Å²) in [4.78, 5) is 20.6. The fourth-order valence-electron chi connectivity index (χ4n) is 8.42. The summed E-state index contributed by atoms with van der Waals surface area (Å²) in [7, 11) is 0. The monoisotopic (exact) mass is 784 g/mol. The first kappa shape index (κ1) is 34.3. The number of thiophene rings is 1. The van der Waals surface area contributed by atoms with Crippen LogP contribution in [-0.4, -0.2) is 19.9 Å². The van der Waals surface area contributed by atoms with E-state index >= 15 is 0 Å². The third-order valence-electron chi connectivity index (χ3n) is 11.3. The highest BCUT2D eigenvalue weighted by Crippen LogP contribution is 2.43. The van der Waals surface area contributed by atoms with Gasteiger partial charge in [0.05, 0.1) is 5.52 Å². The number of hydrogen-bond acceptors (Lipinski definition) is 6. The largest absolute Gasteiger partial charge is 0.454 e. The van der Waals surface area contributed by atoms with E-state index < -0.39 is 0 Å². The van der Waals surface area contributed by atoms with Crippen LogP contribution in [0.2, 0.25) is 0 Å². The summed E-state index contributed by atoms with van der Waals surface area (Å²) in [6, 6.07) is 67.3. The van der Waals surface area contributed by atoms with Gasteiger partial charge in [-0.1, -0.05) is 170 Å². The summed E-state index contributed by atoms with van der Waals surface area (Å²) < 4.78 is 9.26. The fraction of sp³-hybridized carbons (Fsp3) is 0. The Balaban J connectivity index is 1.02. The molecule has 0 N–H and O–H groups in total. The van der Waals surface area contributed by atoms with Crippen molar-refractivity contribution >= 4 is 64.4 Å². The summed E-state index contributed by atoms with van der Waals surface area (Å²) in [6.07, 6.45) is 0. The standard InChI is InChI=1S/C54H32N4OS/c1-3-13-33(14-4-1)34-25-27-36(28-26-34)53-56-52(35-15-5-2-6-16-35)57-54(58-53)39-18-11-17-38(31-39)49-50-48(44-20-7-9-23-46(44)59-50)43-30-29-37(32-45(43)55-49)40-21-12-22-42-41-19-8-10-24-47(41)60-51(40)42/h1-32H. The zero-order valence-electron chi connectivity index (χ0n) is 32.1. The summed E-state index contributed by atoms with van der Waals surface area (Å²) >= 11 is 1.84. The maximum atomic E-state index is 6.69. The molecule has 4 aromatic heterocycles. The van der Waals surface area contributed by atoms with Gasteiger partial charge in [0.25, 0.3) is 0 Å². The lowest BCUT2D eigenvalue weighted by Gasteiger charge is -2.11. The maximum Gasteiger partial charge on any atom is 0.164 e. The van der Waals surface area contributed by atoms with E-state index in [1.165, 1.54) is 25.7 Å². The number of rotatable bonds is 6. The van der Waals surface area contributed by atoms with Gasteiger partial charge in [0.2, 0.25) is 0 Å². The lowest BCUT2D eigenvalue weighted by atomic mass is 9.98. The highest BCUT2D eigenvalue weighted by molar-refractivity contribution is 7.26. The number of fused-ring (bicyclic) bond motifs is 8. The van der Waals surface area contributed by atoms with Gasteiger partial charge < -0.3 is 4.42 Å². The second-order valence-electron chi connectivity index (χ2n) is 15.0. The van der Waals surface area contributed by atoms with E-state index in [0.29, 0.717) is 17.5 Å². The van der Waals surface area contributed by atoms with Crippen molar-refractivity contribution in [1.82, 2.24) is 19.9 Å². The third-order valence-corrected chi connectivity index (χ3v) is 12.6. The zero-order chi connectivity index (χ0) is 39.6. The van der Waals surface area contributed by atoms with Gasteiger partial charge in [0, 0.05) is 58.6 Å². The number of hydrogen-bond donors (Lipinski definition) is 0. The number of benzene rings is 8. The van der Waals surface area contributed by atoms with Gasteiger partial charge in [-0.15, -0.1) is 11.3 Å². The molecule has 0 saturated heterocycles. The number of para-hydroxylation sites is 1. The Hall–Kier alpha value is -7.80. The Labute approximate surface area is 348 Å². The van der Waals surface area contributed by atoms with E-state index in [1.54, 1.807) is 0 Å². The molecule has 280 valence electrons. The van der Waals surface area contributed by atoms with Crippen molar-refractivity contribution in [3.8, 4) is 67.7 Å². The van der Waals surface area contributed by atoms with Crippen molar-refractivity contribution in [2.45, 2.75) is 0 Å². The van der Waals surface area contributed by atoms with Gasteiger partial charge in [0.15, 0.2) is 23.1 Å². The van der Waals surface area contributed by atoms with Crippen molar-refractivity contribution in [1.29, 1.82) is 0 Å². The van der Waals surface area contributed by atoms with Crippen LogP contribution < -0.4 is 0 Å². The van der Waals surface area contributed by atoms with E-state index in [9.17, 15) is 0 Å². The van der Waals surface area contributed by atoms with Crippen LogP contribution in [0.1, 0.15) is 0 Å². The normalized spacial score (nSPS) is 11.7. The van der Waals surface area contributed by atoms with Crippen molar-refractivity contribution in [2.75, 3.05) is 0 Å². The second kappa shape index (κ2) is 13.9. The van der Waals surface area contributed by atoms with Crippen LogP contribution >= 0.6 is 11.3 Å². The number of nitrogens with zero attached hydrogens (tertiary/aromatic N) is 4. The molecule has 60 heavy (non-hydrogen) atoms. The average Bonchev–Trinajstić information content (AvgIpc) is 3.91. The van der Waals surface area contributed by atoms with Gasteiger partial charge >= 0.3 is 0 Å². The molecule has 12 rings (SSSR count). The Morgan fingerprint density at radius 3 is 1.73 bits per heavy atom. The van der Waals surface area contributed by atoms with Crippen LogP contribution in [0.4, 0.5) is 0 Å². The molecule has 0 radical (unpaired) electrons. The Morgan fingerprint density at radius 2 is 0.933 bits per heavy atom. The Kier molecular flexibility index (Phi) is 7.96. The van der Waals surface area contributed by atoms with Crippen LogP contribution in [0.15, 0.2) is 199 Å². The molecule has 8 aromatic carbocycles. The van der Waals surface area contributed by atoms with Gasteiger partial charge in [-0.3, -0.25) is 0 Å². The Morgan fingerprint density at radius 1 is 0.367 bits per heavy atom. The quantitative estimate of drug-likeness (QED) is 0.168. The molecular formula is C54H32N4OS. The van der Waals surface area contributed by atoms with Crippen molar-refractivity contribution in [2.24, 2.45) is 0 Å². The molecule has 0 spiro atoms. The first-order valence-corrected chi connectivity index (χ1v) is 20.8. The van der Waals surface area contributed by atoms with Crippen LogP contribution in [0, 0.1) is 0 Å². The Bertz CT molecular complexity index is 3600. The van der Waals surface area contributed by atoms with Crippen LogP contribution in [0.25, 0.3) is 121 Å². The van der Waals surface area contributed by atoms with Crippen molar-refractivity contribution < 1.29 is 4.42 Å². The van der Waals surface area contributed by atoms with Gasteiger partial charge in [-0.2, -0.15) is 0 Å². The molecular weight excluding hydrogens is 753 g/mol. The maximum absolute atomic E-state index is 6.69. The first-order chi connectivity index (χ1) is 29.7.